The van der Waals surface area contributed by atoms with Crippen molar-refractivity contribution in [2.45, 2.75) is 13.3 Å². The first-order chi connectivity index (χ1) is 6.63. The fourth-order valence-electron chi connectivity index (χ4n) is 1.04. The topological polar surface area (TPSA) is 52.8 Å². The molecule has 0 unspecified atom stereocenters. The van der Waals surface area contributed by atoms with Crippen LogP contribution in [0.1, 0.15) is 12.1 Å². The summed E-state index contributed by atoms with van der Waals surface area (Å²) in [6.45, 7) is 2.50. The summed E-state index contributed by atoms with van der Waals surface area (Å²) in [6.07, 6.45) is 0.469. The van der Waals surface area contributed by atoms with Crippen molar-refractivity contribution < 1.29 is 0 Å². The minimum absolute atomic E-state index is 0.240. The molecule has 1 rings (SSSR count). The molecule has 0 atom stereocenters. The Hall–Kier alpha value is -1.34. The van der Waals surface area contributed by atoms with Gasteiger partial charge in [0.1, 0.15) is 5.82 Å². The molecule has 1 aromatic heterocycles. The summed E-state index contributed by atoms with van der Waals surface area (Å²) in [5.74, 6) is 0.748. The van der Waals surface area contributed by atoms with Gasteiger partial charge in [-0.2, -0.15) is 5.26 Å². The second kappa shape index (κ2) is 4.77. The third kappa shape index (κ3) is 2.86. The monoisotopic (exact) mass is 210 g/mol. The third-order valence-electron chi connectivity index (χ3n) is 1.76. The molecule has 5 heteroatoms. The van der Waals surface area contributed by atoms with Crippen LogP contribution in [0.2, 0.25) is 5.28 Å². The van der Waals surface area contributed by atoms with Crippen molar-refractivity contribution in [1.82, 2.24) is 9.97 Å². The van der Waals surface area contributed by atoms with E-state index in [9.17, 15) is 0 Å². The molecule has 0 aromatic carbocycles. The molecule has 14 heavy (non-hydrogen) atoms. The van der Waals surface area contributed by atoms with E-state index in [0.717, 1.165) is 11.5 Å². The summed E-state index contributed by atoms with van der Waals surface area (Å²) in [4.78, 5) is 9.90. The highest BCUT2D eigenvalue weighted by Gasteiger charge is 2.04. The van der Waals surface area contributed by atoms with Gasteiger partial charge in [0, 0.05) is 25.4 Å². The lowest BCUT2D eigenvalue weighted by Gasteiger charge is -2.16. The van der Waals surface area contributed by atoms with Gasteiger partial charge in [0.2, 0.25) is 5.28 Å². The van der Waals surface area contributed by atoms with Gasteiger partial charge in [0.05, 0.1) is 12.5 Å². The van der Waals surface area contributed by atoms with Crippen molar-refractivity contribution in [3.63, 3.8) is 0 Å². The van der Waals surface area contributed by atoms with E-state index in [1.54, 1.807) is 0 Å². The molecule has 0 radical (unpaired) electrons. The Labute approximate surface area is 88.2 Å². The molecule has 0 aliphatic heterocycles. The summed E-state index contributed by atoms with van der Waals surface area (Å²) < 4.78 is 0. The van der Waals surface area contributed by atoms with Crippen molar-refractivity contribution in [3.05, 3.63) is 17.0 Å². The molecule has 0 bridgehead atoms. The lowest BCUT2D eigenvalue weighted by Crippen LogP contribution is -2.19. The highest BCUT2D eigenvalue weighted by molar-refractivity contribution is 6.28. The first-order valence-corrected chi connectivity index (χ1v) is 4.60. The van der Waals surface area contributed by atoms with Crippen LogP contribution >= 0.6 is 11.6 Å². The van der Waals surface area contributed by atoms with Gasteiger partial charge < -0.3 is 4.90 Å². The largest absolute Gasteiger partial charge is 0.358 e. The Kier molecular flexibility index (Phi) is 3.66. The van der Waals surface area contributed by atoms with Crippen LogP contribution in [-0.2, 0) is 0 Å². The number of anilines is 1. The maximum absolute atomic E-state index is 8.44. The minimum Gasteiger partial charge on any atom is -0.358 e. The van der Waals surface area contributed by atoms with Crippen LogP contribution in [0, 0.1) is 18.3 Å². The molecule has 4 nitrogen and oxygen atoms in total. The summed E-state index contributed by atoms with van der Waals surface area (Å²) in [7, 11) is 1.87. The van der Waals surface area contributed by atoms with Crippen LogP contribution in [0.4, 0.5) is 5.82 Å². The van der Waals surface area contributed by atoms with Gasteiger partial charge in [-0.15, -0.1) is 0 Å². The van der Waals surface area contributed by atoms with Crippen molar-refractivity contribution >= 4 is 17.4 Å². The van der Waals surface area contributed by atoms with E-state index in [0.29, 0.717) is 13.0 Å². The normalized spacial score (nSPS) is 9.57. The summed E-state index contributed by atoms with van der Waals surface area (Å²) >= 11 is 5.71. The number of nitriles is 1. The van der Waals surface area contributed by atoms with Gasteiger partial charge in [0.25, 0.3) is 0 Å². The molecule has 1 aromatic rings. The number of aryl methyl sites for hydroxylation is 1. The van der Waals surface area contributed by atoms with Gasteiger partial charge in [-0.05, 0) is 18.5 Å². The van der Waals surface area contributed by atoms with Crippen LogP contribution < -0.4 is 4.90 Å². The van der Waals surface area contributed by atoms with Gasteiger partial charge in [-0.1, -0.05) is 0 Å². The van der Waals surface area contributed by atoms with Crippen molar-refractivity contribution in [1.29, 1.82) is 5.26 Å². The molecule has 0 aliphatic carbocycles. The number of aromatic nitrogens is 2. The Bertz CT molecular complexity index is 338. The maximum Gasteiger partial charge on any atom is 0.224 e. The van der Waals surface area contributed by atoms with E-state index < -0.39 is 0 Å². The standard InChI is InChI=1S/C9H11ClN4/c1-7-6-8(13-9(10)12-7)14(2)5-3-4-11/h6H,3,5H2,1-2H3. The zero-order valence-electron chi connectivity index (χ0n) is 8.16. The molecular formula is C9H11ClN4. The Morgan fingerprint density at radius 1 is 1.57 bits per heavy atom. The number of hydrogen-bond acceptors (Lipinski definition) is 4. The minimum atomic E-state index is 0.240. The molecule has 0 N–H and O–H groups in total. The highest BCUT2D eigenvalue weighted by Crippen LogP contribution is 2.13. The Balaban J connectivity index is 2.79. The van der Waals surface area contributed by atoms with Crippen LogP contribution in [0.25, 0.3) is 0 Å². The average molecular weight is 211 g/mol. The van der Waals surface area contributed by atoms with E-state index >= 15 is 0 Å². The molecule has 0 saturated carbocycles. The number of hydrogen-bond donors (Lipinski definition) is 0. The van der Waals surface area contributed by atoms with Crippen molar-refractivity contribution in [2.75, 3.05) is 18.5 Å². The van der Waals surface area contributed by atoms with Crippen molar-refractivity contribution in [3.8, 4) is 6.07 Å². The van der Waals surface area contributed by atoms with Gasteiger partial charge in [-0.25, -0.2) is 9.97 Å². The molecule has 0 aliphatic rings. The van der Waals surface area contributed by atoms with Crippen LogP contribution in [0.5, 0.6) is 0 Å². The number of rotatable bonds is 3. The van der Waals surface area contributed by atoms with Crippen molar-refractivity contribution in [2.24, 2.45) is 0 Å². The molecule has 74 valence electrons. The van der Waals surface area contributed by atoms with Gasteiger partial charge in [0.15, 0.2) is 0 Å². The smallest absolute Gasteiger partial charge is 0.224 e. The summed E-state index contributed by atoms with van der Waals surface area (Å²) in [6, 6.07) is 3.92. The number of halogens is 1. The van der Waals surface area contributed by atoms with Gasteiger partial charge >= 0.3 is 0 Å². The fraction of sp³-hybridized carbons (Fsp3) is 0.444. The second-order valence-electron chi connectivity index (χ2n) is 2.97. The number of nitrogens with zero attached hydrogens (tertiary/aromatic N) is 4. The molecule has 0 saturated heterocycles. The predicted molar refractivity (Wildman–Crippen MR) is 55.3 cm³/mol. The van der Waals surface area contributed by atoms with Gasteiger partial charge in [-0.3, -0.25) is 0 Å². The fourth-order valence-corrected chi connectivity index (χ4v) is 1.26. The predicted octanol–water partition coefficient (Wildman–Crippen LogP) is 1.79. The van der Waals surface area contributed by atoms with E-state index in [1.165, 1.54) is 0 Å². The second-order valence-corrected chi connectivity index (χ2v) is 3.30. The average Bonchev–Trinajstić information content (AvgIpc) is 2.12. The van der Waals surface area contributed by atoms with Crippen LogP contribution in [-0.4, -0.2) is 23.6 Å². The van der Waals surface area contributed by atoms with E-state index in [-0.39, 0.29) is 5.28 Å². The summed E-state index contributed by atoms with van der Waals surface area (Å²) in [5, 5.41) is 8.68. The lowest BCUT2D eigenvalue weighted by molar-refractivity contribution is 0.876. The third-order valence-corrected chi connectivity index (χ3v) is 1.93. The first kappa shape index (κ1) is 10.7. The molecule has 0 fully saturated rings. The lowest BCUT2D eigenvalue weighted by atomic mass is 10.4. The molecular weight excluding hydrogens is 200 g/mol. The Morgan fingerprint density at radius 2 is 2.29 bits per heavy atom. The zero-order chi connectivity index (χ0) is 10.6. The molecule has 1 heterocycles. The van der Waals surface area contributed by atoms with E-state index in [2.05, 4.69) is 16.0 Å². The van der Waals surface area contributed by atoms with Crippen LogP contribution in [0.3, 0.4) is 0 Å². The van der Waals surface area contributed by atoms with E-state index in [4.69, 9.17) is 16.9 Å². The van der Waals surface area contributed by atoms with E-state index in [1.807, 2.05) is 24.9 Å². The molecule has 0 spiro atoms. The summed E-state index contributed by atoms with van der Waals surface area (Å²) in [5.41, 5.74) is 0.823. The van der Waals surface area contributed by atoms with Crippen LogP contribution in [0.15, 0.2) is 6.07 Å². The Morgan fingerprint density at radius 3 is 2.86 bits per heavy atom. The highest BCUT2D eigenvalue weighted by atomic mass is 35.5. The zero-order valence-corrected chi connectivity index (χ0v) is 8.91. The maximum atomic E-state index is 8.44. The molecule has 0 amide bonds. The quantitative estimate of drug-likeness (QED) is 0.714. The SMILES string of the molecule is Cc1cc(N(C)CCC#N)nc(Cl)n1. The first-order valence-electron chi connectivity index (χ1n) is 4.22.